The van der Waals surface area contributed by atoms with Crippen LogP contribution < -0.4 is 5.56 Å². The molecule has 3 heterocycles. The molecular formula is C14H7Cl2N3O. The average Bonchev–Trinajstić information content (AvgIpc) is 2.81. The lowest BCUT2D eigenvalue weighted by Gasteiger charge is -2.04. The minimum atomic E-state index is -0.204. The Hall–Kier alpha value is -2.04. The summed E-state index contributed by atoms with van der Waals surface area (Å²) in [5.41, 5.74) is 2.39. The largest absolute Gasteiger partial charge is 0.319 e. The maximum Gasteiger partial charge on any atom is 0.274 e. The molecule has 0 atom stereocenters. The molecule has 6 heteroatoms. The predicted octanol–water partition coefficient (Wildman–Crippen LogP) is 3.64. The minimum Gasteiger partial charge on any atom is -0.319 e. The van der Waals surface area contributed by atoms with Crippen LogP contribution in [0.5, 0.6) is 0 Å². The van der Waals surface area contributed by atoms with Crippen molar-refractivity contribution in [3.05, 3.63) is 57.1 Å². The zero-order chi connectivity index (χ0) is 13.9. The molecule has 0 unspecified atom stereocenters. The number of benzene rings is 1. The first-order valence-corrected chi connectivity index (χ1v) is 6.67. The second-order valence-electron chi connectivity index (χ2n) is 4.53. The molecule has 0 fully saturated rings. The molecule has 0 saturated carbocycles. The van der Waals surface area contributed by atoms with Gasteiger partial charge in [0.2, 0.25) is 0 Å². The van der Waals surface area contributed by atoms with E-state index in [1.54, 1.807) is 22.7 Å². The number of hydrogen-bond acceptors (Lipinski definition) is 2. The second-order valence-corrected chi connectivity index (χ2v) is 5.34. The van der Waals surface area contributed by atoms with Crippen molar-refractivity contribution < 1.29 is 0 Å². The monoisotopic (exact) mass is 303 g/mol. The Morgan fingerprint density at radius 3 is 2.85 bits per heavy atom. The van der Waals surface area contributed by atoms with Crippen LogP contribution >= 0.6 is 23.2 Å². The molecule has 0 aliphatic carbocycles. The third kappa shape index (κ3) is 1.49. The first kappa shape index (κ1) is 11.8. The molecule has 4 nitrogen and oxygen atoms in total. The number of H-pyrrole nitrogens is 1. The second kappa shape index (κ2) is 3.98. The van der Waals surface area contributed by atoms with Gasteiger partial charge in [0, 0.05) is 17.8 Å². The van der Waals surface area contributed by atoms with Crippen molar-refractivity contribution in [3.63, 3.8) is 0 Å². The summed E-state index contributed by atoms with van der Waals surface area (Å²) < 4.78 is 1.80. The molecule has 0 saturated heterocycles. The highest BCUT2D eigenvalue weighted by Gasteiger charge is 2.12. The van der Waals surface area contributed by atoms with Gasteiger partial charge in [-0.1, -0.05) is 23.2 Å². The molecule has 1 aromatic carbocycles. The molecule has 0 aliphatic rings. The number of pyridine rings is 1. The number of aromatic nitrogens is 3. The summed E-state index contributed by atoms with van der Waals surface area (Å²) >= 11 is 12.1. The van der Waals surface area contributed by atoms with Gasteiger partial charge in [-0.2, -0.15) is 0 Å². The van der Waals surface area contributed by atoms with Gasteiger partial charge in [0.15, 0.2) is 0 Å². The summed E-state index contributed by atoms with van der Waals surface area (Å²) in [5, 5.41) is 1.75. The number of halogens is 2. The summed E-state index contributed by atoms with van der Waals surface area (Å²) in [4.78, 5) is 19.4. The quantitative estimate of drug-likeness (QED) is 0.539. The van der Waals surface area contributed by atoms with Crippen LogP contribution in [0, 0.1) is 0 Å². The summed E-state index contributed by atoms with van der Waals surface area (Å²) in [6, 6.07) is 7.14. The predicted molar refractivity (Wildman–Crippen MR) is 80.8 cm³/mol. The van der Waals surface area contributed by atoms with Gasteiger partial charge >= 0.3 is 0 Å². The van der Waals surface area contributed by atoms with E-state index in [9.17, 15) is 4.79 Å². The van der Waals surface area contributed by atoms with Crippen molar-refractivity contribution >= 4 is 50.7 Å². The van der Waals surface area contributed by atoms with Crippen molar-refractivity contribution in [1.29, 1.82) is 0 Å². The van der Waals surface area contributed by atoms with E-state index >= 15 is 0 Å². The Bertz CT molecular complexity index is 1050. The maximum atomic E-state index is 12.3. The Labute approximate surface area is 122 Å². The van der Waals surface area contributed by atoms with Crippen LogP contribution in [-0.4, -0.2) is 14.4 Å². The van der Waals surface area contributed by atoms with Crippen molar-refractivity contribution in [2.45, 2.75) is 0 Å². The van der Waals surface area contributed by atoms with Gasteiger partial charge in [0.1, 0.15) is 11.0 Å². The van der Waals surface area contributed by atoms with E-state index in [0.29, 0.717) is 26.6 Å². The highest BCUT2D eigenvalue weighted by molar-refractivity contribution is 6.42. The van der Waals surface area contributed by atoms with E-state index in [0.717, 1.165) is 10.9 Å². The van der Waals surface area contributed by atoms with Gasteiger partial charge in [0.05, 0.1) is 21.1 Å². The zero-order valence-electron chi connectivity index (χ0n) is 10.0. The van der Waals surface area contributed by atoms with Crippen LogP contribution in [0.3, 0.4) is 0 Å². The third-order valence-electron chi connectivity index (χ3n) is 3.33. The Kier molecular flexibility index (Phi) is 2.34. The number of hydrogen-bond donors (Lipinski definition) is 1. The first-order chi connectivity index (χ1) is 9.65. The van der Waals surface area contributed by atoms with E-state index in [1.165, 1.54) is 0 Å². The number of rotatable bonds is 0. The molecule has 98 valence electrons. The fraction of sp³-hybridized carbons (Fsp3) is 0. The standard InChI is InChI=1S/C14H7Cl2N3O/c15-8-4-10-11(5-9(8)16)19-6-7-2-1-3-17-12(7)13(19)14(20)18-10/h1-6H,(H,18,20). The smallest absolute Gasteiger partial charge is 0.274 e. The van der Waals surface area contributed by atoms with Crippen molar-refractivity contribution in [3.8, 4) is 0 Å². The number of fused-ring (bicyclic) bond motifs is 5. The zero-order valence-corrected chi connectivity index (χ0v) is 11.5. The highest BCUT2D eigenvalue weighted by atomic mass is 35.5. The van der Waals surface area contributed by atoms with Crippen molar-refractivity contribution in [1.82, 2.24) is 14.4 Å². The topological polar surface area (TPSA) is 50.2 Å². The van der Waals surface area contributed by atoms with Gasteiger partial charge in [-0.25, -0.2) is 0 Å². The molecule has 1 N–H and O–H groups in total. The Morgan fingerprint density at radius 1 is 1.20 bits per heavy atom. The minimum absolute atomic E-state index is 0.204. The van der Waals surface area contributed by atoms with Gasteiger partial charge in [-0.15, -0.1) is 0 Å². The fourth-order valence-corrected chi connectivity index (χ4v) is 2.78. The first-order valence-electron chi connectivity index (χ1n) is 5.92. The van der Waals surface area contributed by atoms with E-state index in [4.69, 9.17) is 23.2 Å². The highest BCUT2D eigenvalue weighted by Crippen LogP contribution is 2.28. The molecule has 0 spiro atoms. The fourth-order valence-electron chi connectivity index (χ4n) is 2.46. The van der Waals surface area contributed by atoms with Crippen molar-refractivity contribution in [2.24, 2.45) is 0 Å². The molecule has 4 rings (SSSR count). The Morgan fingerprint density at radius 2 is 2.00 bits per heavy atom. The van der Waals surface area contributed by atoms with Crippen LogP contribution in [0.1, 0.15) is 0 Å². The van der Waals surface area contributed by atoms with E-state index in [2.05, 4.69) is 9.97 Å². The lowest BCUT2D eigenvalue weighted by Crippen LogP contribution is -2.10. The molecule has 0 amide bonds. The maximum absolute atomic E-state index is 12.3. The molecule has 3 aromatic heterocycles. The molecule has 20 heavy (non-hydrogen) atoms. The van der Waals surface area contributed by atoms with Gasteiger partial charge < -0.3 is 9.38 Å². The normalized spacial score (nSPS) is 11.7. The van der Waals surface area contributed by atoms with Gasteiger partial charge in [0.25, 0.3) is 5.56 Å². The average molecular weight is 304 g/mol. The molecule has 4 aromatic rings. The van der Waals surface area contributed by atoms with Crippen LogP contribution in [0.15, 0.2) is 41.5 Å². The molecule has 0 radical (unpaired) electrons. The number of nitrogens with one attached hydrogen (secondary N) is 1. The van der Waals surface area contributed by atoms with E-state index in [-0.39, 0.29) is 5.56 Å². The SMILES string of the molecule is O=c1[nH]c2cc(Cl)c(Cl)cc2n2cc3cccnc3c12. The van der Waals surface area contributed by atoms with Crippen LogP contribution in [0.2, 0.25) is 10.0 Å². The summed E-state index contributed by atoms with van der Waals surface area (Å²) in [7, 11) is 0. The number of nitrogens with zero attached hydrogens (tertiary/aromatic N) is 2. The van der Waals surface area contributed by atoms with Gasteiger partial charge in [-0.05, 0) is 24.3 Å². The Balaban J connectivity index is 2.35. The summed E-state index contributed by atoms with van der Waals surface area (Å²) in [5.74, 6) is 0. The summed E-state index contributed by atoms with van der Waals surface area (Å²) in [6.07, 6.45) is 3.54. The van der Waals surface area contributed by atoms with Crippen LogP contribution in [-0.2, 0) is 0 Å². The molecular weight excluding hydrogens is 297 g/mol. The van der Waals surface area contributed by atoms with E-state index < -0.39 is 0 Å². The molecule has 0 bridgehead atoms. The van der Waals surface area contributed by atoms with Gasteiger partial charge in [-0.3, -0.25) is 9.78 Å². The third-order valence-corrected chi connectivity index (χ3v) is 4.06. The number of aromatic amines is 1. The summed E-state index contributed by atoms with van der Waals surface area (Å²) in [6.45, 7) is 0. The van der Waals surface area contributed by atoms with Crippen molar-refractivity contribution in [2.75, 3.05) is 0 Å². The lowest BCUT2D eigenvalue weighted by molar-refractivity contribution is 1.19. The van der Waals surface area contributed by atoms with Crippen LogP contribution in [0.25, 0.3) is 27.5 Å². The van der Waals surface area contributed by atoms with Crippen LogP contribution in [0.4, 0.5) is 0 Å². The van der Waals surface area contributed by atoms with E-state index in [1.807, 2.05) is 18.3 Å². The lowest BCUT2D eigenvalue weighted by atomic mass is 10.3. The molecule has 0 aliphatic heterocycles.